The van der Waals surface area contributed by atoms with Crippen molar-refractivity contribution in [3.05, 3.63) is 87.9 Å². The van der Waals surface area contributed by atoms with Crippen LogP contribution < -0.4 is 10.5 Å². The van der Waals surface area contributed by atoms with Gasteiger partial charge in [-0.3, -0.25) is 4.79 Å². The van der Waals surface area contributed by atoms with E-state index in [-0.39, 0.29) is 32.1 Å². The van der Waals surface area contributed by atoms with Crippen LogP contribution in [0.25, 0.3) is 0 Å². The number of primary sulfonamides is 1. The van der Waals surface area contributed by atoms with Crippen molar-refractivity contribution in [2.24, 2.45) is 5.14 Å². The van der Waals surface area contributed by atoms with E-state index in [0.29, 0.717) is 5.56 Å². The summed E-state index contributed by atoms with van der Waals surface area (Å²) in [7, 11) is -7.99. The van der Waals surface area contributed by atoms with E-state index in [2.05, 4.69) is 5.32 Å². The number of nitrogens with one attached hydrogen (secondary N) is 1. The van der Waals surface area contributed by atoms with Crippen molar-refractivity contribution in [3.63, 3.8) is 0 Å². The van der Waals surface area contributed by atoms with Crippen LogP contribution in [0.2, 0.25) is 10.0 Å². The van der Waals surface area contributed by atoms with Gasteiger partial charge in [0.25, 0.3) is 0 Å². The minimum absolute atomic E-state index is 0.00609. The summed E-state index contributed by atoms with van der Waals surface area (Å²) in [5, 5.41) is 8.15. The minimum Gasteiger partial charge on any atom is -0.325 e. The molecular formula is C22H21Cl2N3O5S2. The van der Waals surface area contributed by atoms with Crippen LogP contribution in [0.15, 0.2) is 76.5 Å². The zero-order valence-corrected chi connectivity index (χ0v) is 21.0. The van der Waals surface area contributed by atoms with Crippen molar-refractivity contribution in [2.75, 3.05) is 11.9 Å². The van der Waals surface area contributed by atoms with Gasteiger partial charge in [-0.05, 0) is 55.5 Å². The summed E-state index contributed by atoms with van der Waals surface area (Å²) in [5.74, 6) is -0.651. The van der Waals surface area contributed by atoms with Gasteiger partial charge in [0.1, 0.15) is 0 Å². The largest absolute Gasteiger partial charge is 0.325 e. The van der Waals surface area contributed by atoms with Gasteiger partial charge < -0.3 is 5.32 Å². The van der Waals surface area contributed by atoms with Gasteiger partial charge in [-0.25, -0.2) is 22.0 Å². The molecule has 3 aromatic rings. The number of carbonyl (C=O) groups excluding carboxylic acids is 1. The van der Waals surface area contributed by atoms with Gasteiger partial charge in [-0.2, -0.15) is 4.31 Å². The summed E-state index contributed by atoms with van der Waals surface area (Å²) >= 11 is 12.5. The van der Waals surface area contributed by atoms with E-state index in [9.17, 15) is 21.6 Å². The third-order valence-electron chi connectivity index (χ3n) is 4.84. The molecule has 0 aromatic heterocycles. The number of rotatable bonds is 8. The van der Waals surface area contributed by atoms with Gasteiger partial charge in [-0.1, -0.05) is 47.0 Å². The molecule has 12 heteroatoms. The molecule has 0 spiro atoms. The number of anilines is 1. The lowest BCUT2D eigenvalue weighted by Crippen LogP contribution is -2.37. The number of nitrogens with two attached hydrogens (primary N) is 1. The molecule has 3 rings (SSSR count). The molecule has 0 aliphatic heterocycles. The van der Waals surface area contributed by atoms with Crippen molar-refractivity contribution < 1.29 is 21.6 Å². The molecule has 180 valence electrons. The summed E-state index contributed by atoms with van der Waals surface area (Å²) in [6.45, 7) is 1.04. The number of benzene rings is 3. The molecule has 0 bridgehead atoms. The number of carbonyl (C=O) groups is 1. The van der Waals surface area contributed by atoms with E-state index in [0.717, 1.165) is 9.87 Å². The molecule has 0 aliphatic carbocycles. The standard InChI is InChI=1S/C22H21Cl2N3O5S2/c1-15-5-9-18(10-6-15)34(31,32)27(13-19-20(23)3-2-4-21(19)24)14-22(28)26-16-7-11-17(12-8-16)33(25,29)30/h2-12H,13-14H2,1H3,(H,26,28)(H2,25,29,30). The van der Waals surface area contributed by atoms with Crippen LogP contribution in [0.3, 0.4) is 0 Å². The molecule has 8 nitrogen and oxygen atoms in total. The number of amides is 1. The Bertz CT molecular complexity index is 1390. The highest BCUT2D eigenvalue weighted by atomic mass is 35.5. The number of hydrogen-bond acceptors (Lipinski definition) is 5. The van der Waals surface area contributed by atoms with Gasteiger partial charge in [-0.15, -0.1) is 0 Å². The molecule has 0 saturated carbocycles. The van der Waals surface area contributed by atoms with Gasteiger partial charge in [0, 0.05) is 27.8 Å². The summed E-state index contributed by atoms with van der Waals surface area (Å²) < 4.78 is 50.6. The number of sulfonamides is 2. The lowest BCUT2D eigenvalue weighted by atomic mass is 10.2. The Balaban J connectivity index is 1.90. The molecule has 0 aliphatic rings. The average molecular weight is 542 g/mol. The minimum atomic E-state index is -4.10. The Labute approximate surface area is 208 Å². The Morgan fingerprint density at radius 2 is 1.41 bits per heavy atom. The number of hydrogen-bond donors (Lipinski definition) is 2. The SMILES string of the molecule is Cc1ccc(S(=O)(=O)N(CC(=O)Nc2ccc(S(N)(=O)=O)cc2)Cc2c(Cl)cccc2Cl)cc1. The molecule has 0 unspecified atom stereocenters. The maximum absolute atomic E-state index is 13.4. The predicted molar refractivity (Wildman–Crippen MR) is 132 cm³/mol. The molecule has 3 aromatic carbocycles. The lowest BCUT2D eigenvalue weighted by Gasteiger charge is -2.23. The third kappa shape index (κ3) is 6.35. The second-order valence-corrected chi connectivity index (χ2v) is 11.7. The quantitative estimate of drug-likeness (QED) is 0.448. The molecule has 0 fully saturated rings. The van der Waals surface area contributed by atoms with Crippen molar-refractivity contribution in [2.45, 2.75) is 23.3 Å². The highest BCUT2D eigenvalue weighted by Gasteiger charge is 2.28. The average Bonchev–Trinajstić information content (AvgIpc) is 2.75. The van der Waals surface area contributed by atoms with Crippen LogP contribution in [-0.2, 0) is 31.4 Å². The first-order valence-electron chi connectivity index (χ1n) is 9.80. The monoisotopic (exact) mass is 541 g/mol. The Morgan fingerprint density at radius 3 is 1.94 bits per heavy atom. The fraction of sp³-hybridized carbons (Fsp3) is 0.136. The zero-order valence-electron chi connectivity index (χ0n) is 17.9. The van der Waals surface area contributed by atoms with E-state index in [4.69, 9.17) is 28.3 Å². The van der Waals surface area contributed by atoms with Crippen molar-refractivity contribution >= 4 is 54.8 Å². The Morgan fingerprint density at radius 1 is 0.882 bits per heavy atom. The molecule has 0 heterocycles. The highest BCUT2D eigenvalue weighted by molar-refractivity contribution is 7.89. The zero-order chi connectivity index (χ0) is 25.1. The summed E-state index contributed by atoms with van der Waals surface area (Å²) in [6, 6.07) is 16.2. The fourth-order valence-corrected chi connectivity index (χ4v) is 5.43. The van der Waals surface area contributed by atoms with Gasteiger partial charge in [0.05, 0.1) is 16.3 Å². The summed E-state index contributed by atoms with van der Waals surface area (Å²) in [4.78, 5) is 12.7. The molecule has 0 saturated heterocycles. The van der Waals surface area contributed by atoms with Crippen LogP contribution in [0, 0.1) is 6.92 Å². The second-order valence-electron chi connectivity index (χ2n) is 7.40. The van der Waals surface area contributed by atoms with Crippen molar-refractivity contribution in [3.8, 4) is 0 Å². The number of aryl methyl sites for hydroxylation is 1. The van der Waals surface area contributed by atoms with Crippen molar-refractivity contribution in [1.82, 2.24) is 4.31 Å². The topological polar surface area (TPSA) is 127 Å². The first-order chi connectivity index (χ1) is 15.9. The van der Waals surface area contributed by atoms with E-state index < -0.39 is 32.5 Å². The Hall–Kier alpha value is -2.47. The first kappa shape index (κ1) is 26.1. The van der Waals surface area contributed by atoms with Gasteiger partial charge in [0.2, 0.25) is 26.0 Å². The van der Waals surface area contributed by atoms with Crippen LogP contribution in [0.5, 0.6) is 0 Å². The molecular weight excluding hydrogens is 521 g/mol. The van der Waals surface area contributed by atoms with Gasteiger partial charge >= 0.3 is 0 Å². The maximum Gasteiger partial charge on any atom is 0.243 e. The summed E-state index contributed by atoms with van der Waals surface area (Å²) in [5.41, 5.74) is 1.49. The second kappa shape index (κ2) is 10.4. The van der Waals surface area contributed by atoms with E-state index in [1.807, 2.05) is 6.92 Å². The number of halogens is 2. The molecule has 3 N–H and O–H groups in total. The predicted octanol–water partition coefficient (Wildman–Crippen LogP) is 3.78. The van der Waals surface area contributed by atoms with Crippen LogP contribution >= 0.6 is 23.2 Å². The van der Waals surface area contributed by atoms with Crippen LogP contribution in [0.4, 0.5) is 5.69 Å². The third-order valence-corrected chi connectivity index (χ3v) is 8.28. The van der Waals surface area contributed by atoms with E-state index >= 15 is 0 Å². The smallest absolute Gasteiger partial charge is 0.243 e. The van der Waals surface area contributed by atoms with Crippen LogP contribution in [0.1, 0.15) is 11.1 Å². The molecule has 1 amide bonds. The van der Waals surface area contributed by atoms with E-state index in [1.165, 1.54) is 36.4 Å². The molecule has 34 heavy (non-hydrogen) atoms. The molecule has 0 atom stereocenters. The first-order valence-corrected chi connectivity index (χ1v) is 13.5. The van der Waals surface area contributed by atoms with E-state index in [1.54, 1.807) is 30.3 Å². The summed E-state index contributed by atoms with van der Waals surface area (Å²) in [6.07, 6.45) is 0. The highest BCUT2D eigenvalue weighted by Crippen LogP contribution is 2.28. The number of nitrogens with zero attached hydrogens (tertiary/aromatic N) is 1. The van der Waals surface area contributed by atoms with Gasteiger partial charge in [0.15, 0.2) is 0 Å². The van der Waals surface area contributed by atoms with Crippen molar-refractivity contribution in [1.29, 1.82) is 0 Å². The normalized spacial score (nSPS) is 12.0. The molecule has 0 radical (unpaired) electrons. The maximum atomic E-state index is 13.4. The van der Waals surface area contributed by atoms with Crippen LogP contribution in [-0.4, -0.2) is 33.6 Å². The Kier molecular flexibility index (Phi) is 8.02. The lowest BCUT2D eigenvalue weighted by molar-refractivity contribution is -0.116. The fourth-order valence-electron chi connectivity index (χ4n) is 3.03.